The van der Waals surface area contributed by atoms with Gasteiger partial charge in [0, 0.05) is 44.3 Å². The molecule has 3 aromatic heterocycles. The lowest BCUT2D eigenvalue weighted by Gasteiger charge is -2.36. The summed E-state index contributed by atoms with van der Waals surface area (Å²) in [6.07, 6.45) is 5.21. The molecule has 1 aliphatic rings. The highest BCUT2D eigenvalue weighted by molar-refractivity contribution is 5.95. The predicted molar refractivity (Wildman–Crippen MR) is 99.0 cm³/mol. The zero-order chi connectivity index (χ0) is 17.9. The van der Waals surface area contributed by atoms with Crippen molar-refractivity contribution >= 4 is 11.6 Å². The molecular formula is C20H20N4O2. The van der Waals surface area contributed by atoms with Gasteiger partial charge >= 0.3 is 0 Å². The number of pyridine rings is 2. The molecule has 1 amide bonds. The third kappa shape index (κ3) is 3.18. The average molecular weight is 348 g/mol. The normalized spacial score (nSPS) is 14.5. The second-order valence-corrected chi connectivity index (χ2v) is 6.29. The molecule has 1 fully saturated rings. The first-order chi connectivity index (χ1) is 12.7. The van der Waals surface area contributed by atoms with Crippen molar-refractivity contribution in [1.29, 1.82) is 0 Å². The van der Waals surface area contributed by atoms with Crippen LogP contribution in [0.25, 0.3) is 11.5 Å². The number of aromatic nitrogens is 2. The molecule has 4 rings (SSSR count). The first-order valence-corrected chi connectivity index (χ1v) is 8.68. The zero-order valence-electron chi connectivity index (χ0n) is 14.6. The third-order valence-electron chi connectivity index (χ3n) is 4.68. The maximum absolute atomic E-state index is 12.9. The topological polar surface area (TPSA) is 62.5 Å². The van der Waals surface area contributed by atoms with Crippen LogP contribution in [0.1, 0.15) is 16.1 Å². The molecule has 0 N–H and O–H groups in total. The first-order valence-electron chi connectivity index (χ1n) is 8.68. The third-order valence-corrected chi connectivity index (χ3v) is 4.68. The number of carbonyl (C=O) groups is 1. The molecule has 0 radical (unpaired) electrons. The molecule has 0 aromatic carbocycles. The van der Waals surface area contributed by atoms with Gasteiger partial charge in [0.25, 0.3) is 5.91 Å². The van der Waals surface area contributed by atoms with E-state index in [2.05, 4.69) is 14.9 Å². The number of hydrogen-bond acceptors (Lipinski definition) is 5. The fraction of sp³-hybridized carbons (Fsp3) is 0.250. The molecule has 0 spiro atoms. The lowest BCUT2D eigenvalue weighted by atomic mass is 10.1. The number of hydrogen-bond donors (Lipinski definition) is 0. The van der Waals surface area contributed by atoms with Crippen LogP contribution in [0.5, 0.6) is 0 Å². The Kier molecular flexibility index (Phi) is 4.39. The monoisotopic (exact) mass is 348 g/mol. The molecule has 3 aromatic rings. The van der Waals surface area contributed by atoms with E-state index in [-0.39, 0.29) is 5.91 Å². The van der Waals surface area contributed by atoms with Gasteiger partial charge in [-0.25, -0.2) is 4.98 Å². The zero-order valence-corrected chi connectivity index (χ0v) is 14.6. The number of anilines is 1. The van der Waals surface area contributed by atoms with Gasteiger partial charge in [0.05, 0.1) is 17.5 Å². The van der Waals surface area contributed by atoms with Crippen molar-refractivity contribution in [2.24, 2.45) is 0 Å². The number of aryl methyl sites for hydroxylation is 1. The van der Waals surface area contributed by atoms with Crippen LogP contribution in [0.4, 0.5) is 5.69 Å². The van der Waals surface area contributed by atoms with Gasteiger partial charge in [-0.1, -0.05) is 0 Å². The largest absolute Gasteiger partial charge is 0.463 e. The summed E-state index contributed by atoms with van der Waals surface area (Å²) in [7, 11) is 0. The Morgan fingerprint density at radius 2 is 1.81 bits per heavy atom. The molecule has 6 heteroatoms. The number of rotatable bonds is 3. The summed E-state index contributed by atoms with van der Waals surface area (Å²) < 4.78 is 5.38. The Hall–Kier alpha value is -3.15. The molecule has 0 unspecified atom stereocenters. The minimum atomic E-state index is 0.0374. The van der Waals surface area contributed by atoms with Crippen LogP contribution in [0.15, 0.2) is 59.5 Å². The molecule has 0 atom stereocenters. The second-order valence-electron chi connectivity index (χ2n) is 6.29. The summed E-state index contributed by atoms with van der Waals surface area (Å²) in [4.78, 5) is 25.7. The molecule has 1 saturated heterocycles. The van der Waals surface area contributed by atoms with Gasteiger partial charge in [-0.05, 0) is 43.3 Å². The molecule has 132 valence electrons. The van der Waals surface area contributed by atoms with E-state index in [9.17, 15) is 4.79 Å². The molecule has 1 aliphatic heterocycles. The van der Waals surface area contributed by atoms with E-state index in [1.807, 2.05) is 48.2 Å². The van der Waals surface area contributed by atoms with Crippen LogP contribution in [0, 0.1) is 6.92 Å². The van der Waals surface area contributed by atoms with Crippen molar-refractivity contribution in [2.75, 3.05) is 31.1 Å². The Morgan fingerprint density at radius 1 is 1.04 bits per heavy atom. The standard InChI is InChI=1S/C20H20N4O2/c1-15-17(4-5-18(22-15)19-3-2-14-26-19)20(25)24-12-10-23(11-13-24)16-6-8-21-9-7-16/h2-9,14H,10-13H2,1H3. The Morgan fingerprint density at radius 3 is 2.46 bits per heavy atom. The predicted octanol–water partition coefficient (Wildman–Crippen LogP) is 3.01. The molecule has 0 aliphatic carbocycles. The molecule has 0 saturated carbocycles. The summed E-state index contributed by atoms with van der Waals surface area (Å²) in [5, 5.41) is 0. The number of nitrogens with zero attached hydrogens (tertiary/aromatic N) is 4. The van der Waals surface area contributed by atoms with E-state index in [1.165, 1.54) is 0 Å². The van der Waals surface area contributed by atoms with Crippen molar-refractivity contribution in [3.63, 3.8) is 0 Å². The number of carbonyl (C=O) groups excluding carboxylic acids is 1. The van der Waals surface area contributed by atoms with Crippen molar-refractivity contribution < 1.29 is 9.21 Å². The highest BCUT2D eigenvalue weighted by Crippen LogP contribution is 2.21. The van der Waals surface area contributed by atoms with Crippen LogP contribution < -0.4 is 4.90 Å². The lowest BCUT2D eigenvalue weighted by molar-refractivity contribution is 0.0745. The quantitative estimate of drug-likeness (QED) is 0.728. The highest BCUT2D eigenvalue weighted by Gasteiger charge is 2.24. The van der Waals surface area contributed by atoms with Gasteiger partial charge in [0.15, 0.2) is 5.76 Å². The van der Waals surface area contributed by atoms with Crippen LogP contribution in [0.3, 0.4) is 0 Å². The summed E-state index contributed by atoms with van der Waals surface area (Å²) in [5.41, 5.74) is 3.26. The Balaban J connectivity index is 1.45. The van der Waals surface area contributed by atoms with Crippen molar-refractivity contribution in [2.45, 2.75) is 6.92 Å². The van der Waals surface area contributed by atoms with Gasteiger partial charge in [-0.2, -0.15) is 0 Å². The van der Waals surface area contributed by atoms with Crippen LogP contribution in [-0.2, 0) is 0 Å². The fourth-order valence-electron chi connectivity index (χ4n) is 3.24. The molecule has 4 heterocycles. The van der Waals surface area contributed by atoms with Gasteiger partial charge in [-0.15, -0.1) is 0 Å². The van der Waals surface area contributed by atoms with E-state index in [4.69, 9.17) is 4.42 Å². The SMILES string of the molecule is Cc1nc(-c2ccco2)ccc1C(=O)N1CCN(c2ccncc2)CC1. The van der Waals surface area contributed by atoms with E-state index in [0.29, 0.717) is 24.4 Å². The van der Waals surface area contributed by atoms with Crippen LogP contribution in [0.2, 0.25) is 0 Å². The summed E-state index contributed by atoms with van der Waals surface area (Å²) in [6.45, 7) is 4.88. The molecule has 6 nitrogen and oxygen atoms in total. The smallest absolute Gasteiger partial charge is 0.255 e. The summed E-state index contributed by atoms with van der Waals surface area (Å²) >= 11 is 0. The van der Waals surface area contributed by atoms with E-state index in [0.717, 1.165) is 30.2 Å². The molecule has 0 bridgehead atoms. The van der Waals surface area contributed by atoms with Crippen LogP contribution >= 0.6 is 0 Å². The number of amides is 1. The Labute approximate surface area is 152 Å². The van der Waals surface area contributed by atoms with E-state index in [1.54, 1.807) is 18.7 Å². The minimum Gasteiger partial charge on any atom is -0.463 e. The molecular weight excluding hydrogens is 328 g/mol. The van der Waals surface area contributed by atoms with Gasteiger partial charge in [0.1, 0.15) is 5.69 Å². The van der Waals surface area contributed by atoms with Crippen LogP contribution in [-0.4, -0.2) is 47.0 Å². The maximum Gasteiger partial charge on any atom is 0.255 e. The highest BCUT2D eigenvalue weighted by atomic mass is 16.3. The van der Waals surface area contributed by atoms with Gasteiger partial charge < -0.3 is 14.2 Å². The van der Waals surface area contributed by atoms with E-state index >= 15 is 0 Å². The van der Waals surface area contributed by atoms with Crippen molar-refractivity contribution in [3.8, 4) is 11.5 Å². The van der Waals surface area contributed by atoms with E-state index < -0.39 is 0 Å². The first kappa shape index (κ1) is 16.3. The summed E-state index contributed by atoms with van der Waals surface area (Å²) in [6, 6.07) is 11.4. The van der Waals surface area contributed by atoms with Gasteiger partial charge in [-0.3, -0.25) is 9.78 Å². The maximum atomic E-state index is 12.9. The van der Waals surface area contributed by atoms with Gasteiger partial charge in [0.2, 0.25) is 0 Å². The lowest BCUT2D eigenvalue weighted by Crippen LogP contribution is -2.49. The number of piperazine rings is 1. The second kappa shape index (κ2) is 7.00. The average Bonchev–Trinajstić information content (AvgIpc) is 3.23. The fourth-order valence-corrected chi connectivity index (χ4v) is 3.24. The minimum absolute atomic E-state index is 0.0374. The summed E-state index contributed by atoms with van der Waals surface area (Å²) in [5.74, 6) is 0.744. The van der Waals surface area contributed by atoms with Crippen molar-refractivity contribution in [1.82, 2.24) is 14.9 Å². The molecule has 26 heavy (non-hydrogen) atoms. The van der Waals surface area contributed by atoms with Crippen molar-refractivity contribution in [3.05, 3.63) is 66.3 Å². The Bertz CT molecular complexity index is 885. The number of furan rings is 1.